The van der Waals surface area contributed by atoms with Crippen LogP contribution >= 0.6 is 11.6 Å². The van der Waals surface area contributed by atoms with E-state index in [1.807, 2.05) is 6.07 Å². The van der Waals surface area contributed by atoms with E-state index in [0.29, 0.717) is 34.1 Å². The molecule has 0 N–H and O–H groups in total. The van der Waals surface area contributed by atoms with Crippen LogP contribution in [-0.2, 0) is 4.74 Å². The molecule has 0 radical (unpaired) electrons. The molecule has 3 aromatic carbocycles. The quantitative estimate of drug-likeness (QED) is 0.230. The highest BCUT2D eigenvalue weighted by Crippen LogP contribution is 2.26. The van der Waals surface area contributed by atoms with Crippen molar-refractivity contribution in [3.63, 3.8) is 0 Å². The molecule has 30 heavy (non-hydrogen) atoms. The maximum atomic E-state index is 13.1. The average molecular weight is 423 g/mol. The van der Waals surface area contributed by atoms with Crippen molar-refractivity contribution in [2.75, 3.05) is 6.61 Å². The van der Waals surface area contributed by atoms with Crippen molar-refractivity contribution in [2.45, 2.75) is 25.9 Å². The van der Waals surface area contributed by atoms with Gasteiger partial charge in [-0.05, 0) is 42.8 Å². The summed E-state index contributed by atoms with van der Waals surface area (Å²) in [6.45, 7) is 2.72. The molecule has 0 saturated carbocycles. The van der Waals surface area contributed by atoms with Crippen LogP contribution in [0, 0.1) is 0 Å². The van der Waals surface area contributed by atoms with E-state index in [0.717, 1.165) is 12.8 Å². The molecule has 4 nitrogen and oxygen atoms in total. The van der Waals surface area contributed by atoms with E-state index in [9.17, 15) is 9.59 Å². The number of Topliss-reactive ketones (excluding diaryl/α,β-unsaturated/α-hetero) is 1. The number of unbranched alkanes of at least 4 members (excludes halogenated alkanes) is 1. The third kappa shape index (κ3) is 5.71. The van der Waals surface area contributed by atoms with E-state index >= 15 is 0 Å². The monoisotopic (exact) mass is 422 g/mol. The van der Waals surface area contributed by atoms with Crippen LogP contribution in [0.2, 0.25) is 5.02 Å². The Morgan fingerprint density at radius 3 is 2.17 bits per heavy atom. The fourth-order valence-electron chi connectivity index (χ4n) is 2.86. The maximum Gasteiger partial charge on any atom is 0.339 e. The van der Waals surface area contributed by atoms with Crippen LogP contribution in [-0.4, -0.2) is 18.4 Å². The summed E-state index contributed by atoms with van der Waals surface area (Å²) in [4.78, 5) is 25.8. The van der Waals surface area contributed by atoms with Gasteiger partial charge in [0.05, 0.1) is 12.2 Å². The largest absolute Gasteiger partial charge is 0.494 e. The Labute approximate surface area is 181 Å². The molecule has 0 aliphatic heterocycles. The van der Waals surface area contributed by atoms with Gasteiger partial charge in [0, 0.05) is 16.1 Å². The molecule has 3 aromatic rings. The molecule has 0 aliphatic carbocycles. The molecule has 3 rings (SSSR count). The molecule has 0 saturated heterocycles. The van der Waals surface area contributed by atoms with Gasteiger partial charge in [-0.3, -0.25) is 4.79 Å². The average Bonchev–Trinajstić information content (AvgIpc) is 2.79. The number of hydrogen-bond acceptors (Lipinski definition) is 4. The Kier molecular flexibility index (Phi) is 7.63. The predicted octanol–water partition coefficient (Wildman–Crippen LogP) is 6.30. The fraction of sp³-hybridized carbons (Fsp3) is 0.200. The molecular weight excluding hydrogens is 400 g/mol. The van der Waals surface area contributed by atoms with Crippen LogP contribution < -0.4 is 4.74 Å². The lowest BCUT2D eigenvalue weighted by Gasteiger charge is -2.18. The zero-order chi connectivity index (χ0) is 21.3. The van der Waals surface area contributed by atoms with Crippen molar-refractivity contribution in [3.8, 4) is 5.75 Å². The summed E-state index contributed by atoms with van der Waals surface area (Å²) >= 11 is 5.97. The van der Waals surface area contributed by atoms with Crippen molar-refractivity contribution < 1.29 is 19.1 Å². The lowest BCUT2D eigenvalue weighted by Crippen LogP contribution is -2.20. The molecule has 0 fully saturated rings. The molecular formula is C25H23ClO4. The topological polar surface area (TPSA) is 52.6 Å². The standard InChI is InChI=1S/C25H23ClO4/c1-2-3-17-29-22-15-11-20(12-16-22)25(28)30-24(19-9-13-21(26)14-10-19)23(27)18-7-5-4-6-8-18/h4-16,24H,2-3,17H2,1H3/t24-/m1/s1. The highest BCUT2D eigenvalue weighted by atomic mass is 35.5. The first kappa shape index (κ1) is 21.6. The van der Waals surface area contributed by atoms with Crippen LogP contribution in [0.1, 0.15) is 52.1 Å². The molecule has 0 heterocycles. The lowest BCUT2D eigenvalue weighted by molar-refractivity contribution is 0.0280. The van der Waals surface area contributed by atoms with Crippen molar-refractivity contribution in [2.24, 2.45) is 0 Å². The van der Waals surface area contributed by atoms with Gasteiger partial charge >= 0.3 is 5.97 Å². The minimum absolute atomic E-state index is 0.300. The van der Waals surface area contributed by atoms with Crippen molar-refractivity contribution >= 4 is 23.4 Å². The first-order valence-electron chi connectivity index (χ1n) is 9.87. The number of hydrogen-bond donors (Lipinski definition) is 0. The van der Waals surface area contributed by atoms with E-state index < -0.39 is 12.1 Å². The number of ether oxygens (including phenoxy) is 2. The van der Waals surface area contributed by atoms with E-state index in [2.05, 4.69) is 6.92 Å². The summed E-state index contributed by atoms with van der Waals surface area (Å²) in [5.41, 5.74) is 1.36. The van der Waals surface area contributed by atoms with Gasteiger partial charge in [0.25, 0.3) is 0 Å². The Bertz CT molecular complexity index is 966. The molecule has 0 bridgehead atoms. The highest BCUT2D eigenvalue weighted by Gasteiger charge is 2.26. The van der Waals surface area contributed by atoms with Gasteiger partial charge in [0.15, 0.2) is 6.10 Å². The van der Waals surface area contributed by atoms with Gasteiger partial charge in [-0.1, -0.05) is 67.4 Å². The van der Waals surface area contributed by atoms with E-state index in [1.54, 1.807) is 72.8 Å². The summed E-state index contributed by atoms with van der Waals surface area (Å²) < 4.78 is 11.3. The van der Waals surface area contributed by atoms with E-state index in [-0.39, 0.29) is 5.78 Å². The SMILES string of the molecule is CCCCOc1ccc(C(=O)O[C@@H](C(=O)c2ccccc2)c2ccc(Cl)cc2)cc1. The number of esters is 1. The molecule has 1 atom stereocenters. The summed E-state index contributed by atoms with van der Waals surface area (Å²) in [6, 6.07) is 22.2. The molecule has 5 heteroatoms. The van der Waals surface area contributed by atoms with Crippen molar-refractivity contribution in [1.29, 1.82) is 0 Å². The van der Waals surface area contributed by atoms with Gasteiger partial charge < -0.3 is 9.47 Å². The fourth-order valence-corrected chi connectivity index (χ4v) is 2.99. The normalized spacial score (nSPS) is 11.5. The van der Waals surface area contributed by atoms with Crippen LogP contribution in [0.4, 0.5) is 0 Å². The van der Waals surface area contributed by atoms with E-state index in [1.165, 1.54) is 0 Å². The van der Waals surface area contributed by atoms with Crippen LogP contribution in [0.5, 0.6) is 5.75 Å². The number of ketones is 1. The third-order valence-electron chi connectivity index (χ3n) is 4.55. The Morgan fingerprint density at radius 1 is 0.867 bits per heavy atom. The van der Waals surface area contributed by atoms with Gasteiger partial charge in [0.2, 0.25) is 5.78 Å². The minimum Gasteiger partial charge on any atom is -0.494 e. The number of halogens is 1. The van der Waals surface area contributed by atoms with E-state index in [4.69, 9.17) is 21.1 Å². The summed E-state index contributed by atoms with van der Waals surface area (Å²) in [5.74, 6) is -0.195. The Balaban J connectivity index is 1.79. The van der Waals surface area contributed by atoms with Gasteiger partial charge in [-0.2, -0.15) is 0 Å². The second-order valence-corrected chi connectivity index (χ2v) is 7.23. The molecule has 0 aliphatic rings. The molecule has 0 amide bonds. The van der Waals surface area contributed by atoms with Crippen molar-refractivity contribution in [3.05, 3.63) is 101 Å². The number of benzene rings is 3. The Morgan fingerprint density at radius 2 is 1.53 bits per heavy atom. The minimum atomic E-state index is -1.07. The van der Waals surface area contributed by atoms with Gasteiger partial charge in [-0.15, -0.1) is 0 Å². The predicted molar refractivity (Wildman–Crippen MR) is 117 cm³/mol. The summed E-state index contributed by atoms with van der Waals surface area (Å²) in [6.07, 6.45) is 0.942. The first-order valence-corrected chi connectivity index (χ1v) is 10.2. The van der Waals surface area contributed by atoms with Gasteiger partial charge in [-0.25, -0.2) is 4.79 Å². The lowest BCUT2D eigenvalue weighted by atomic mass is 9.99. The summed E-state index contributed by atoms with van der Waals surface area (Å²) in [5, 5.41) is 0.537. The number of carbonyl (C=O) groups is 2. The molecule has 0 spiro atoms. The van der Waals surface area contributed by atoms with Crippen LogP contribution in [0.15, 0.2) is 78.9 Å². The second-order valence-electron chi connectivity index (χ2n) is 6.79. The number of rotatable bonds is 9. The number of carbonyl (C=O) groups excluding carboxylic acids is 2. The maximum absolute atomic E-state index is 13.1. The van der Waals surface area contributed by atoms with Gasteiger partial charge in [0.1, 0.15) is 5.75 Å². The second kappa shape index (κ2) is 10.6. The van der Waals surface area contributed by atoms with Crippen molar-refractivity contribution in [1.82, 2.24) is 0 Å². The van der Waals surface area contributed by atoms with Crippen LogP contribution in [0.25, 0.3) is 0 Å². The first-order chi connectivity index (χ1) is 14.6. The zero-order valence-electron chi connectivity index (χ0n) is 16.7. The summed E-state index contributed by atoms with van der Waals surface area (Å²) in [7, 11) is 0. The molecule has 0 aromatic heterocycles. The van der Waals surface area contributed by atoms with Crippen LogP contribution in [0.3, 0.4) is 0 Å². The Hall–Kier alpha value is -3.11. The third-order valence-corrected chi connectivity index (χ3v) is 4.80. The molecule has 154 valence electrons. The molecule has 0 unspecified atom stereocenters. The smallest absolute Gasteiger partial charge is 0.339 e. The highest BCUT2D eigenvalue weighted by molar-refractivity contribution is 6.30. The zero-order valence-corrected chi connectivity index (χ0v) is 17.5.